The van der Waals surface area contributed by atoms with Crippen LogP contribution < -0.4 is 5.73 Å². The van der Waals surface area contributed by atoms with Crippen LogP contribution in [0.3, 0.4) is 0 Å². The van der Waals surface area contributed by atoms with E-state index < -0.39 is 0 Å². The van der Waals surface area contributed by atoms with Crippen molar-refractivity contribution in [3.05, 3.63) is 42.0 Å². The van der Waals surface area contributed by atoms with E-state index in [4.69, 9.17) is 5.73 Å². The molecule has 0 spiro atoms. The number of pyridine rings is 1. The fourth-order valence-electron chi connectivity index (χ4n) is 2.67. The number of hydrogen-bond donors (Lipinski definition) is 1. The van der Waals surface area contributed by atoms with Crippen molar-refractivity contribution in [1.82, 2.24) is 9.55 Å². The summed E-state index contributed by atoms with van der Waals surface area (Å²) in [5, 5.41) is 0. The molecule has 1 aliphatic heterocycles. The van der Waals surface area contributed by atoms with Crippen molar-refractivity contribution in [3.8, 4) is 11.1 Å². The maximum atomic E-state index is 11.7. The highest BCUT2D eigenvalue weighted by molar-refractivity contribution is 6.01. The molecule has 3 rings (SSSR count). The van der Waals surface area contributed by atoms with Crippen LogP contribution in [0, 0.1) is 0 Å². The van der Waals surface area contributed by atoms with E-state index in [1.54, 1.807) is 12.4 Å². The molecule has 2 aromatic rings. The smallest absolute Gasteiger partial charge is 0.251 e. The molecule has 92 valence electrons. The van der Waals surface area contributed by atoms with Gasteiger partial charge in [-0.05, 0) is 37.0 Å². The lowest BCUT2D eigenvalue weighted by Crippen LogP contribution is -2.17. The standard InChI is InChI=1S/C14H15N3O/c15-14(18)13-11(10-4-6-16-7-5-10)9-17-8-2-1-3-12(13)17/h4-7,9H,1-3,8H2,(H2,15,18). The molecule has 1 aliphatic rings. The van der Waals surface area contributed by atoms with Gasteiger partial charge in [0.15, 0.2) is 0 Å². The average molecular weight is 241 g/mol. The minimum atomic E-state index is -0.336. The minimum Gasteiger partial charge on any atom is -0.366 e. The van der Waals surface area contributed by atoms with Gasteiger partial charge >= 0.3 is 0 Å². The third-order valence-electron chi connectivity index (χ3n) is 3.49. The maximum Gasteiger partial charge on any atom is 0.251 e. The van der Waals surface area contributed by atoms with Crippen molar-refractivity contribution in [1.29, 1.82) is 0 Å². The van der Waals surface area contributed by atoms with Crippen molar-refractivity contribution >= 4 is 5.91 Å². The lowest BCUT2D eigenvalue weighted by molar-refractivity contribution is 0.0999. The SMILES string of the molecule is NC(=O)c1c(-c2ccncc2)cn2c1CCCC2. The van der Waals surface area contributed by atoms with Gasteiger partial charge in [0.2, 0.25) is 0 Å². The quantitative estimate of drug-likeness (QED) is 0.874. The summed E-state index contributed by atoms with van der Waals surface area (Å²) in [5.41, 5.74) is 9.25. The number of aromatic nitrogens is 2. The summed E-state index contributed by atoms with van der Waals surface area (Å²) in [6.07, 6.45) is 8.73. The van der Waals surface area contributed by atoms with Crippen molar-refractivity contribution in [3.63, 3.8) is 0 Å². The fourth-order valence-corrected chi connectivity index (χ4v) is 2.67. The van der Waals surface area contributed by atoms with Crippen LogP contribution >= 0.6 is 0 Å². The zero-order chi connectivity index (χ0) is 12.5. The number of amides is 1. The molecular formula is C14H15N3O. The topological polar surface area (TPSA) is 60.9 Å². The number of fused-ring (bicyclic) bond motifs is 1. The number of nitrogens with two attached hydrogens (primary N) is 1. The van der Waals surface area contributed by atoms with Crippen molar-refractivity contribution in [2.24, 2.45) is 5.73 Å². The molecule has 0 aliphatic carbocycles. The van der Waals surface area contributed by atoms with Gasteiger partial charge in [0, 0.05) is 36.4 Å². The van der Waals surface area contributed by atoms with Crippen molar-refractivity contribution in [2.45, 2.75) is 25.8 Å². The van der Waals surface area contributed by atoms with E-state index in [1.165, 1.54) is 0 Å². The van der Waals surface area contributed by atoms with Crippen LogP contribution in [0.4, 0.5) is 0 Å². The van der Waals surface area contributed by atoms with E-state index in [9.17, 15) is 4.79 Å². The van der Waals surface area contributed by atoms with Gasteiger partial charge in [0.25, 0.3) is 5.91 Å². The Hall–Kier alpha value is -2.10. The first-order chi connectivity index (χ1) is 8.77. The predicted molar refractivity (Wildman–Crippen MR) is 69.1 cm³/mol. The molecule has 3 heterocycles. The van der Waals surface area contributed by atoms with E-state index in [0.717, 1.165) is 42.6 Å². The summed E-state index contributed by atoms with van der Waals surface area (Å²) in [6.45, 7) is 0.973. The number of primary amides is 1. The molecule has 0 radical (unpaired) electrons. The largest absolute Gasteiger partial charge is 0.366 e. The first kappa shape index (κ1) is 11.0. The van der Waals surface area contributed by atoms with E-state index >= 15 is 0 Å². The van der Waals surface area contributed by atoms with E-state index in [2.05, 4.69) is 9.55 Å². The van der Waals surface area contributed by atoms with E-state index in [0.29, 0.717) is 5.56 Å². The predicted octanol–water partition coefficient (Wildman–Crippen LogP) is 1.99. The lowest BCUT2D eigenvalue weighted by Gasteiger charge is -2.15. The number of rotatable bonds is 2. The summed E-state index contributed by atoms with van der Waals surface area (Å²) >= 11 is 0. The minimum absolute atomic E-state index is 0.336. The van der Waals surface area contributed by atoms with Gasteiger partial charge in [-0.15, -0.1) is 0 Å². The molecule has 2 N–H and O–H groups in total. The Morgan fingerprint density at radius 2 is 2.06 bits per heavy atom. The zero-order valence-corrected chi connectivity index (χ0v) is 10.1. The normalized spacial score (nSPS) is 14.2. The Balaban J connectivity index is 2.20. The molecule has 0 atom stereocenters. The summed E-state index contributed by atoms with van der Waals surface area (Å²) in [7, 11) is 0. The monoisotopic (exact) mass is 241 g/mol. The Morgan fingerprint density at radius 3 is 2.78 bits per heavy atom. The molecule has 4 heteroatoms. The summed E-state index contributed by atoms with van der Waals surface area (Å²) < 4.78 is 2.17. The van der Waals surface area contributed by atoms with Gasteiger partial charge < -0.3 is 10.3 Å². The molecule has 1 amide bonds. The molecule has 0 saturated carbocycles. The molecule has 0 fully saturated rings. The van der Waals surface area contributed by atoms with Crippen LogP contribution in [0.2, 0.25) is 0 Å². The van der Waals surface area contributed by atoms with Crippen LogP contribution in [0.1, 0.15) is 28.9 Å². The number of carbonyl (C=O) groups is 1. The molecule has 0 saturated heterocycles. The third-order valence-corrected chi connectivity index (χ3v) is 3.49. The number of carbonyl (C=O) groups excluding carboxylic acids is 1. The first-order valence-electron chi connectivity index (χ1n) is 6.19. The van der Waals surface area contributed by atoms with Gasteiger partial charge in [0.05, 0.1) is 5.56 Å². The van der Waals surface area contributed by atoms with Crippen LogP contribution in [0.25, 0.3) is 11.1 Å². The molecule has 0 unspecified atom stereocenters. The summed E-state index contributed by atoms with van der Waals surface area (Å²) in [4.78, 5) is 15.7. The number of hydrogen-bond acceptors (Lipinski definition) is 2. The lowest BCUT2D eigenvalue weighted by atomic mass is 10.0. The van der Waals surface area contributed by atoms with Crippen molar-refractivity contribution in [2.75, 3.05) is 0 Å². The van der Waals surface area contributed by atoms with Gasteiger partial charge in [-0.1, -0.05) is 0 Å². The zero-order valence-electron chi connectivity index (χ0n) is 10.1. The number of aryl methyl sites for hydroxylation is 1. The Bertz CT molecular complexity index is 587. The second kappa shape index (κ2) is 4.29. The molecule has 18 heavy (non-hydrogen) atoms. The van der Waals surface area contributed by atoms with E-state index in [1.807, 2.05) is 18.3 Å². The second-order valence-electron chi connectivity index (χ2n) is 4.62. The van der Waals surface area contributed by atoms with Crippen LogP contribution in [0.5, 0.6) is 0 Å². The van der Waals surface area contributed by atoms with Crippen LogP contribution in [-0.4, -0.2) is 15.5 Å². The Kier molecular flexibility index (Phi) is 2.63. The first-order valence-corrected chi connectivity index (χ1v) is 6.19. The Morgan fingerprint density at radius 1 is 1.28 bits per heavy atom. The molecule has 0 bridgehead atoms. The second-order valence-corrected chi connectivity index (χ2v) is 4.62. The van der Waals surface area contributed by atoms with Gasteiger partial charge in [-0.3, -0.25) is 9.78 Å². The molecule has 2 aromatic heterocycles. The average Bonchev–Trinajstić information content (AvgIpc) is 2.79. The highest BCUT2D eigenvalue weighted by atomic mass is 16.1. The number of nitrogens with zero attached hydrogens (tertiary/aromatic N) is 2. The van der Waals surface area contributed by atoms with Crippen molar-refractivity contribution < 1.29 is 4.79 Å². The third kappa shape index (κ3) is 1.70. The summed E-state index contributed by atoms with van der Waals surface area (Å²) in [5.74, 6) is -0.336. The van der Waals surface area contributed by atoms with Crippen LogP contribution in [-0.2, 0) is 13.0 Å². The molecular weight excluding hydrogens is 226 g/mol. The van der Waals surface area contributed by atoms with Gasteiger partial charge in [0.1, 0.15) is 0 Å². The summed E-state index contributed by atoms with van der Waals surface area (Å²) in [6, 6.07) is 3.82. The highest BCUT2D eigenvalue weighted by Gasteiger charge is 2.22. The fraction of sp³-hybridized carbons (Fsp3) is 0.286. The van der Waals surface area contributed by atoms with Gasteiger partial charge in [-0.2, -0.15) is 0 Å². The molecule has 4 nitrogen and oxygen atoms in total. The van der Waals surface area contributed by atoms with Gasteiger partial charge in [-0.25, -0.2) is 0 Å². The molecule has 0 aromatic carbocycles. The van der Waals surface area contributed by atoms with Crippen LogP contribution in [0.15, 0.2) is 30.7 Å². The highest BCUT2D eigenvalue weighted by Crippen LogP contribution is 2.31. The van der Waals surface area contributed by atoms with E-state index in [-0.39, 0.29) is 5.91 Å². The maximum absolute atomic E-state index is 11.7. The Labute approximate surface area is 105 Å².